The summed E-state index contributed by atoms with van der Waals surface area (Å²) in [6, 6.07) is 3.94. The highest BCUT2D eigenvalue weighted by atomic mass is 79.9. The third-order valence-corrected chi connectivity index (χ3v) is 2.89. The van der Waals surface area contributed by atoms with Crippen LogP contribution in [0.4, 0.5) is 0 Å². The molecular formula is C13H17BrO2. The number of Topliss-reactive ketones (excluding diaryl/α,β-unsaturated/α-hetero) is 1. The van der Waals surface area contributed by atoms with E-state index in [1.165, 1.54) is 0 Å². The molecule has 16 heavy (non-hydrogen) atoms. The van der Waals surface area contributed by atoms with Gasteiger partial charge in [-0.2, -0.15) is 0 Å². The molecule has 0 unspecified atom stereocenters. The number of hydrogen-bond donors (Lipinski definition) is 0. The molecule has 0 saturated carbocycles. The second kappa shape index (κ2) is 5.48. The lowest BCUT2D eigenvalue weighted by Crippen LogP contribution is -2.05. The number of ketones is 1. The van der Waals surface area contributed by atoms with E-state index in [9.17, 15) is 4.79 Å². The van der Waals surface area contributed by atoms with Gasteiger partial charge < -0.3 is 4.74 Å². The number of methoxy groups -OCH3 is 1. The molecule has 0 N–H and O–H groups in total. The Morgan fingerprint density at radius 3 is 2.50 bits per heavy atom. The molecular weight excluding hydrogens is 268 g/mol. The van der Waals surface area contributed by atoms with Crippen LogP contribution in [0.2, 0.25) is 0 Å². The van der Waals surface area contributed by atoms with Crippen LogP contribution < -0.4 is 4.74 Å². The number of rotatable bonds is 4. The van der Waals surface area contributed by atoms with Crippen LogP contribution in [0.15, 0.2) is 16.6 Å². The van der Waals surface area contributed by atoms with Gasteiger partial charge in [0.05, 0.1) is 7.11 Å². The van der Waals surface area contributed by atoms with Gasteiger partial charge in [-0.05, 0) is 30.5 Å². The van der Waals surface area contributed by atoms with Crippen LogP contribution in [0, 0.1) is 0 Å². The van der Waals surface area contributed by atoms with Crippen molar-refractivity contribution in [3.05, 3.63) is 27.7 Å². The molecule has 0 aliphatic heterocycles. The van der Waals surface area contributed by atoms with Gasteiger partial charge in [0.2, 0.25) is 0 Å². The summed E-state index contributed by atoms with van der Waals surface area (Å²) in [6.07, 6.45) is 0.462. The minimum absolute atomic E-state index is 0.169. The summed E-state index contributed by atoms with van der Waals surface area (Å²) in [4.78, 5) is 11.2. The van der Waals surface area contributed by atoms with Crippen molar-refractivity contribution in [3.63, 3.8) is 0 Å². The van der Waals surface area contributed by atoms with Crippen molar-refractivity contribution in [1.82, 2.24) is 0 Å². The Labute approximate surface area is 105 Å². The van der Waals surface area contributed by atoms with Crippen molar-refractivity contribution in [2.24, 2.45) is 0 Å². The summed E-state index contributed by atoms with van der Waals surface area (Å²) < 4.78 is 6.32. The number of carbonyl (C=O) groups is 1. The van der Waals surface area contributed by atoms with Crippen molar-refractivity contribution in [2.45, 2.75) is 33.1 Å². The molecule has 0 aromatic heterocycles. The standard InChI is InChI=1S/C13H17BrO2/c1-8(2)13-10(5-9(3)15)6-11(14)7-12(13)16-4/h6-8H,5H2,1-4H3. The zero-order valence-electron chi connectivity index (χ0n) is 10.1. The van der Waals surface area contributed by atoms with Crippen molar-refractivity contribution < 1.29 is 9.53 Å². The lowest BCUT2D eigenvalue weighted by Gasteiger charge is -2.17. The third-order valence-electron chi connectivity index (χ3n) is 2.43. The summed E-state index contributed by atoms with van der Waals surface area (Å²) in [6.45, 7) is 5.82. The highest BCUT2D eigenvalue weighted by Crippen LogP contribution is 2.33. The highest BCUT2D eigenvalue weighted by molar-refractivity contribution is 9.10. The Hall–Kier alpha value is -0.830. The summed E-state index contributed by atoms with van der Waals surface area (Å²) in [5, 5.41) is 0. The molecule has 2 nitrogen and oxygen atoms in total. The van der Waals surface area contributed by atoms with Crippen LogP contribution in [-0.4, -0.2) is 12.9 Å². The normalized spacial score (nSPS) is 10.6. The van der Waals surface area contributed by atoms with Gasteiger partial charge in [-0.3, -0.25) is 4.79 Å². The smallest absolute Gasteiger partial charge is 0.134 e. The van der Waals surface area contributed by atoms with Gasteiger partial charge in [-0.1, -0.05) is 29.8 Å². The largest absolute Gasteiger partial charge is 0.496 e. The van der Waals surface area contributed by atoms with Gasteiger partial charge in [0.15, 0.2) is 0 Å². The Balaban J connectivity index is 3.32. The monoisotopic (exact) mass is 284 g/mol. The van der Waals surface area contributed by atoms with E-state index in [0.29, 0.717) is 12.3 Å². The van der Waals surface area contributed by atoms with Crippen LogP contribution in [0.25, 0.3) is 0 Å². The number of carbonyl (C=O) groups excluding carboxylic acids is 1. The van der Waals surface area contributed by atoms with Crippen LogP contribution in [-0.2, 0) is 11.2 Å². The molecule has 0 aliphatic rings. The fourth-order valence-corrected chi connectivity index (χ4v) is 2.37. The predicted octanol–water partition coefficient (Wildman–Crippen LogP) is 3.71. The van der Waals surface area contributed by atoms with Gasteiger partial charge in [-0.15, -0.1) is 0 Å². The molecule has 0 aliphatic carbocycles. The van der Waals surface area contributed by atoms with Gasteiger partial charge in [-0.25, -0.2) is 0 Å². The molecule has 1 aromatic carbocycles. The van der Waals surface area contributed by atoms with Crippen molar-refractivity contribution in [1.29, 1.82) is 0 Å². The quantitative estimate of drug-likeness (QED) is 0.843. The molecule has 1 aromatic rings. The first-order chi connectivity index (χ1) is 7.45. The van der Waals surface area contributed by atoms with Crippen molar-refractivity contribution in [2.75, 3.05) is 7.11 Å². The van der Waals surface area contributed by atoms with E-state index in [1.807, 2.05) is 12.1 Å². The molecule has 0 amide bonds. The molecule has 3 heteroatoms. The minimum Gasteiger partial charge on any atom is -0.496 e. The average molecular weight is 285 g/mol. The Morgan fingerprint density at radius 1 is 1.44 bits per heavy atom. The molecule has 0 saturated heterocycles. The SMILES string of the molecule is COc1cc(Br)cc(CC(C)=O)c1C(C)C. The average Bonchev–Trinajstić information content (AvgIpc) is 2.14. The Kier molecular flexibility index (Phi) is 4.54. The first-order valence-electron chi connectivity index (χ1n) is 5.31. The molecule has 0 fully saturated rings. The summed E-state index contributed by atoms with van der Waals surface area (Å²) in [5.74, 6) is 1.36. The van der Waals surface area contributed by atoms with Crippen LogP contribution in [0.3, 0.4) is 0 Å². The van der Waals surface area contributed by atoms with Crippen molar-refractivity contribution in [3.8, 4) is 5.75 Å². The van der Waals surface area contributed by atoms with E-state index in [4.69, 9.17) is 4.74 Å². The maximum absolute atomic E-state index is 11.2. The summed E-state index contributed by atoms with van der Waals surface area (Å²) in [7, 11) is 1.66. The Morgan fingerprint density at radius 2 is 2.06 bits per heavy atom. The lowest BCUT2D eigenvalue weighted by atomic mass is 9.93. The number of halogens is 1. The van der Waals surface area contributed by atoms with Crippen LogP contribution >= 0.6 is 15.9 Å². The van der Waals surface area contributed by atoms with Gasteiger partial charge in [0, 0.05) is 16.5 Å². The molecule has 0 spiro atoms. The molecule has 0 bridgehead atoms. The summed E-state index contributed by atoms with van der Waals surface area (Å²) in [5.41, 5.74) is 2.18. The zero-order chi connectivity index (χ0) is 12.3. The minimum atomic E-state index is 0.169. The van der Waals surface area contributed by atoms with E-state index < -0.39 is 0 Å². The van der Waals surface area contributed by atoms with Crippen LogP contribution in [0.1, 0.15) is 37.8 Å². The lowest BCUT2D eigenvalue weighted by molar-refractivity contribution is -0.116. The van der Waals surface area contributed by atoms with E-state index in [2.05, 4.69) is 29.8 Å². The number of benzene rings is 1. The van der Waals surface area contributed by atoms with Gasteiger partial charge >= 0.3 is 0 Å². The topological polar surface area (TPSA) is 26.3 Å². The predicted molar refractivity (Wildman–Crippen MR) is 69.2 cm³/mol. The van der Waals surface area contributed by atoms with Crippen LogP contribution in [0.5, 0.6) is 5.75 Å². The Bertz CT molecular complexity index is 397. The number of ether oxygens (including phenoxy) is 1. The molecule has 0 heterocycles. The van der Waals surface area contributed by atoms with Crippen molar-refractivity contribution >= 4 is 21.7 Å². The van der Waals surface area contributed by atoms with Gasteiger partial charge in [0.1, 0.15) is 11.5 Å². The van der Waals surface area contributed by atoms with E-state index in [-0.39, 0.29) is 5.78 Å². The first kappa shape index (κ1) is 13.2. The van der Waals surface area contributed by atoms with E-state index in [1.54, 1.807) is 14.0 Å². The maximum Gasteiger partial charge on any atom is 0.134 e. The third kappa shape index (κ3) is 3.08. The first-order valence-corrected chi connectivity index (χ1v) is 6.10. The van der Waals surface area contributed by atoms with E-state index >= 15 is 0 Å². The zero-order valence-corrected chi connectivity index (χ0v) is 11.7. The number of hydrogen-bond acceptors (Lipinski definition) is 2. The fraction of sp³-hybridized carbons (Fsp3) is 0.462. The van der Waals surface area contributed by atoms with Gasteiger partial charge in [0.25, 0.3) is 0 Å². The highest BCUT2D eigenvalue weighted by Gasteiger charge is 2.15. The molecule has 0 radical (unpaired) electrons. The molecule has 1 rings (SSSR count). The maximum atomic E-state index is 11.2. The summed E-state index contributed by atoms with van der Waals surface area (Å²) >= 11 is 3.44. The second-order valence-electron chi connectivity index (χ2n) is 4.21. The molecule has 0 atom stereocenters. The fourth-order valence-electron chi connectivity index (χ4n) is 1.89. The molecule has 88 valence electrons. The van der Waals surface area contributed by atoms with E-state index in [0.717, 1.165) is 21.3 Å². The second-order valence-corrected chi connectivity index (χ2v) is 5.13.